The van der Waals surface area contributed by atoms with Crippen molar-refractivity contribution in [2.24, 2.45) is 5.41 Å². The predicted molar refractivity (Wildman–Crippen MR) is 87.5 cm³/mol. The fraction of sp³-hybridized carbons (Fsp3) is 0.588. The molecule has 2 rings (SSSR count). The van der Waals surface area contributed by atoms with Gasteiger partial charge in [-0.3, -0.25) is 4.79 Å². The molecule has 1 unspecified atom stereocenters. The molecule has 0 spiro atoms. The first-order valence-electron chi connectivity index (χ1n) is 7.84. The number of amides is 1. The van der Waals surface area contributed by atoms with Crippen LogP contribution in [0.2, 0.25) is 5.02 Å². The molecule has 0 saturated carbocycles. The highest BCUT2D eigenvalue weighted by molar-refractivity contribution is 6.30. The molecule has 1 aliphatic rings. The molecule has 1 amide bonds. The zero-order valence-electron chi connectivity index (χ0n) is 12.9. The van der Waals surface area contributed by atoms with Gasteiger partial charge >= 0.3 is 0 Å². The number of piperidine rings is 1. The molecule has 1 heterocycles. The van der Waals surface area contributed by atoms with E-state index in [9.17, 15) is 4.79 Å². The summed E-state index contributed by atoms with van der Waals surface area (Å²) < 4.78 is 0. The van der Waals surface area contributed by atoms with Crippen LogP contribution in [0, 0.1) is 5.41 Å². The second-order valence-corrected chi connectivity index (χ2v) is 6.49. The molecule has 116 valence electrons. The molecular formula is C17H25ClN2O. The van der Waals surface area contributed by atoms with Crippen molar-refractivity contribution in [3.8, 4) is 0 Å². The van der Waals surface area contributed by atoms with Crippen molar-refractivity contribution in [3.05, 3.63) is 34.9 Å². The highest BCUT2D eigenvalue weighted by atomic mass is 35.5. The van der Waals surface area contributed by atoms with Crippen LogP contribution in [-0.4, -0.2) is 19.0 Å². The Bertz CT molecular complexity index is 461. The SMILES string of the molecule is CCCC1(C(=O)N[C@@H](C)c2ccc(Cl)cc2)CCCNC1. The molecule has 2 atom stereocenters. The van der Waals surface area contributed by atoms with E-state index in [4.69, 9.17) is 11.6 Å². The molecule has 1 saturated heterocycles. The standard InChI is InChI=1S/C17H25ClN2O/c1-3-9-17(10-4-11-19-12-17)16(21)20-13(2)14-5-7-15(18)8-6-14/h5-8,13,19H,3-4,9-12H2,1-2H3,(H,20,21)/t13-,17?/m0/s1. The molecule has 4 heteroatoms. The number of hydrogen-bond donors (Lipinski definition) is 2. The van der Waals surface area contributed by atoms with Crippen LogP contribution in [-0.2, 0) is 4.79 Å². The lowest BCUT2D eigenvalue weighted by Gasteiger charge is -2.37. The lowest BCUT2D eigenvalue weighted by Crippen LogP contribution is -2.50. The van der Waals surface area contributed by atoms with E-state index in [0.29, 0.717) is 0 Å². The fourth-order valence-corrected chi connectivity index (χ4v) is 3.28. The van der Waals surface area contributed by atoms with Crippen LogP contribution in [0.25, 0.3) is 0 Å². The van der Waals surface area contributed by atoms with Crippen molar-refractivity contribution in [2.75, 3.05) is 13.1 Å². The first-order valence-corrected chi connectivity index (χ1v) is 8.22. The van der Waals surface area contributed by atoms with Crippen LogP contribution in [0.3, 0.4) is 0 Å². The number of hydrogen-bond acceptors (Lipinski definition) is 2. The van der Waals surface area contributed by atoms with Crippen LogP contribution >= 0.6 is 11.6 Å². The first kappa shape index (κ1) is 16.3. The highest BCUT2D eigenvalue weighted by Gasteiger charge is 2.39. The summed E-state index contributed by atoms with van der Waals surface area (Å²) in [5.74, 6) is 0.180. The smallest absolute Gasteiger partial charge is 0.227 e. The predicted octanol–water partition coefficient (Wildman–Crippen LogP) is 3.69. The van der Waals surface area contributed by atoms with Gasteiger partial charge in [-0.25, -0.2) is 0 Å². The van der Waals surface area contributed by atoms with E-state index >= 15 is 0 Å². The quantitative estimate of drug-likeness (QED) is 0.871. The molecule has 2 N–H and O–H groups in total. The molecule has 1 aromatic rings. The summed E-state index contributed by atoms with van der Waals surface area (Å²) in [5.41, 5.74) is 0.844. The lowest BCUT2D eigenvalue weighted by molar-refractivity contribution is -0.133. The van der Waals surface area contributed by atoms with Gasteiger partial charge in [0.15, 0.2) is 0 Å². The summed E-state index contributed by atoms with van der Waals surface area (Å²) in [5, 5.41) is 7.29. The lowest BCUT2D eigenvalue weighted by atomic mass is 9.76. The Kier molecular flexibility index (Phi) is 5.65. The monoisotopic (exact) mass is 308 g/mol. The molecule has 1 aromatic carbocycles. The normalized spacial score (nSPS) is 23.6. The molecule has 3 nitrogen and oxygen atoms in total. The van der Waals surface area contributed by atoms with Gasteiger partial charge in [0.2, 0.25) is 5.91 Å². The van der Waals surface area contributed by atoms with Crippen LogP contribution in [0.4, 0.5) is 0 Å². The maximum absolute atomic E-state index is 12.8. The van der Waals surface area contributed by atoms with Gasteiger partial charge in [0.25, 0.3) is 0 Å². The zero-order chi connectivity index (χ0) is 15.3. The van der Waals surface area contributed by atoms with Gasteiger partial charge in [-0.1, -0.05) is 37.1 Å². The average Bonchev–Trinajstić information content (AvgIpc) is 2.49. The van der Waals surface area contributed by atoms with Crippen molar-refractivity contribution in [1.82, 2.24) is 10.6 Å². The molecule has 0 aliphatic carbocycles. The van der Waals surface area contributed by atoms with Crippen molar-refractivity contribution in [1.29, 1.82) is 0 Å². The Hall–Kier alpha value is -1.06. The molecule has 1 fully saturated rings. The Morgan fingerprint density at radius 2 is 2.14 bits per heavy atom. The fourth-order valence-electron chi connectivity index (χ4n) is 3.15. The van der Waals surface area contributed by atoms with Gasteiger partial charge in [-0.05, 0) is 50.4 Å². The van der Waals surface area contributed by atoms with E-state index in [2.05, 4.69) is 17.6 Å². The Morgan fingerprint density at radius 3 is 2.71 bits per heavy atom. The van der Waals surface area contributed by atoms with E-state index in [1.165, 1.54) is 0 Å². The van der Waals surface area contributed by atoms with Gasteiger partial charge in [-0.2, -0.15) is 0 Å². The van der Waals surface area contributed by atoms with Crippen molar-refractivity contribution < 1.29 is 4.79 Å². The highest BCUT2D eigenvalue weighted by Crippen LogP contribution is 2.32. The minimum atomic E-state index is -0.242. The van der Waals surface area contributed by atoms with E-state index in [-0.39, 0.29) is 17.4 Å². The number of carbonyl (C=O) groups is 1. The third-order valence-electron chi connectivity index (χ3n) is 4.40. The second-order valence-electron chi connectivity index (χ2n) is 6.06. The van der Waals surface area contributed by atoms with E-state index in [1.807, 2.05) is 31.2 Å². The minimum absolute atomic E-state index is 0.00502. The summed E-state index contributed by atoms with van der Waals surface area (Å²) in [6, 6.07) is 7.68. The average molecular weight is 309 g/mol. The number of carbonyl (C=O) groups excluding carboxylic acids is 1. The van der Waals surface area contributed by atoms with Gasteiger partial charge in [-0.15, -0.1) is 0 Å². The molecular weight excluding hydrogens is 284 g/mol. The second kappa shape index (κ2) is 7.28. The van der Waals surface area contributed by atoms with Gasteiger partial charge < -0.3 is 10.6 Å². The van der Waals surface area contributed by atoms with E-state index in [1.54, 1.807) is 0 Å². The van der Waals surface area contributed by atoms with Crippen LogP contribution in [0.1, 0.15) is 51.1 Å². The molecule has 0 aromatic heterocycles. The van der Waals surface area contributed by atoms with Gasteiger partial charge in [0.1, 0.15) is 0 Å². The third kappa shape index (κ3) is 3.98. The van der Waals surface area contributed by atoms with Crippen molar-refractivity contribution in [3.63, 3.8) is 0 Å². The van der Waals surface area contributed by atoms with Crippen LogP contribution < -0.4 is 10.6 Å². The Labute approximate surface area is 132 Å². The summed E-state index contributed by atoms with van der Waals surface area (Å²) in [4.78, 5) is 12.8. The first-order chi connectivity index (χ1) is 10.1. The topological polar surface area (TPSA) is 41.1 Å². The van der Waals surface area contributed by atoms with Crippen molar-refractivity contribution in [2.45, 2.75) is 45.6 Å². The summed E-state index contributed by atoms with van der Waals surface area (Å²) >= 11 is 5.91. The molecule has 0 radical (unpaired) electrons. The van der Waals surface area contributed by atoms with Gasteiger partial charge in [0.05, 0.1) is 11.5 Å². The molecule has 21 heavy (non-hydrogen) atoms. The van der Waals surface area contributed by atoms with Crippen molar-refractivity contribution >= 4 is 17.5 Å². The number of halogens is 1. The Balaban J connectivity index is 2.05. The summed E-state index contributed by atoms with van der Waals surface area (Å²) in [6.45, 7) is 5.98. The molecule has 1 aliphatic heterocycles. The maximum atomic E-state index is 12.8. The number of nitrogens with one attached hydrogen (secondary N) is 2. The van der Waals surface area contributed by atoms with Crippen LogP contribution in [0.15, 0.2) is 24.3 Å². The molecule has 0 bridgehead atoms. The largest absolute Gasteiger partial charge is 0.349 e. The maximum Gasteiger partial charge on any atom is 0.227 e. The Morgan fingerprint density at radius 1 is 1.43 bits per heavy atom. The minimum Gasteiger partial charge on any atom is -0.349 e. The van der Waals surface area contributed by atoms with Gasteiger partial charge in [0, 0.05) is 11.6 Å². The summed E-state index contributed by atoms with van der Waals surface area (Å²) in [7, 11) is 0. The number of benzene rings is 1. The van der Waals surface area contributed by atoms with E-state index < -0.39 is 0 Å². The van der Waals surface area contributed by atoms with E-state index in [0.717, 1.165) is 49.4 Å². The summed E-state index contributed by atoms with van der Waals surface area (Å²) in [6.07, 6.45) is 4.03. The third-order valence-corrected chi connectivity index (χ3v) is 4.65. The zero-order valence-corrected chi connectivity index (χ0v) is 13.7. The number of rotatable bonds is 5. The van der Waals surface area contributed by atoms with Crippen LogP contribution in [0.5, 0.6) is 0 Å².